The van der Waals surface area contributed by atoms with E-state index in [0.717, 1.165) is 10.0 Å². The summed E-state index contributed by atoms with van der Waals surface area (Å²) in [6.45, 7) is 4.42. The number of tetrazole rings is 1. The van der Waals surface area contributed by atoms with Crippen LogP contribution in [0.25, 0.3) is 0 Å². The van der Waals surface area contributed by atoms with E-state index in [1.807, 2.05) is 32.0 Å². The Morgan fingerprint density at radius 3 is 2.90 bits per heavy atom. The van der Waals surface area contributed by atoms with Crippen molar-refractivity contribution in [2.75, 3.05) is 13.6 Å². The lowest BCUT2D eigenvalue weighted by Gasteiger charge is -2.21. The lowest BCUT2D eigenvalue weighted by atomic mass is 10.1. The molecule has 0 aliphatic rings. The van der Waals surface area contributed by atoms with E-state index in [1.54, 1.807) is 11.9 Å². The number of H-pyrrole nitrogens is 1. The number of carbonyl (C=O) groups is 1. The molecule has 0 aliphatic carbocycles. The number of hydrogen-bond donors (Lipinski definition) is 1. The van der Waals surface area contributed by atoms with Crippen LogP contribution in [-0.2, 0) is 0 Å². The zero-order valence-electron chi connectivity index (χ0n) is 11.6. The van der Waals surface area contributed by atoms with Crippen LogP contribution in [0.4, 0.5) is 0 Å². The fraction of sp³-hybridized carbons (Fsp3) is 0.385. The first-order valence-electron chi connectivity index (χ1n) is 6.24. The number of aryl methyl sites for hydroxylation is 1. The second-order valence-corrected chi connectivity index (χ2v) is 5.73. The fourth-order valence-corrected chi connectivity index (χ4v) is 2.34. The molecule has 0 aliphatic heterocycles. The van der Waals surface area contributed by atoms with Gasteiger partial charge in [0.05, 0.1) is 0 Å². The predicted molar refractivity (Wildman–Crippen MR) is 78.4 cm³/mol. The van der Waals surface area contributed by atoms with Gasteiger partial charge in [-0.2, -0.15) is 5.21 Å². The quantitative estimate of drug-likeness (QED) is 0.927. The molecule has 0 radical (unpaired) electrons. The van der Waals surface area contributed by atoms with Crippen molar-refractivity contribution in [3.8, 4) is 0 Å². The molecule has 1 aromatic heterocycles. The van der Waals surface area contributed by atoms with Gasteiger partial charge in [-0.05, 0) is 24.6 Å². The van der Waals surface area contributed by atoms with Crippen LogP contribution in [0.15, 0.2) is 22.7 Å². The van der Waals surface area contributed by atoms with E-state index in [0.29, 0.717) is 17.9 Å². The van der Waals surface area contributed by atoms with E-state index in [1.165, 1.54) is 0 Å². The second-order valence-electron chi connectivity index (χ2n) is 4.82. The number of nitrogens with zero attached hydrogens (tertiary/aromatic N) is 4. The summed E-state index contributed by atoms with van der Waals surface area (Å²) < 4.78 is 0.895. The highest BCUT2D eigenvalue weighted by atomic mass is 79.9. The molecule has 0 saturated carbocycles. The van der Waals surface area contributed by atoms with E-state index in [4.69, 9.17) is 0 Å². The van der Waals surface area contributed by atoms with Gasteiger partial charge in [0.1, 0.15) is 0 Å². The van der Waals surface area contributed by atoms with Crippen LogP contribution in [0.5, 0.6) is 0 Å². The van der Waals surface area contributed by atoms with Crippen LogP contribution >= 0.6 is 15.9 Å². The minimum absolute atomic E-state index is 0.0147. The van der Waals surface area contributed by atoms with Crippen LogP contribution in [0.3, 0.4) is 0 Å². The van der Waals surface area contributed by atoms with E-state index in [2.05, 4.69) is 36.6 Å². The molecule has 1 aromatic carbocycles. The molecule has 0 unspecified atom stereocenters. The number of hydrogen-bond acceptors (Lipinski definition) is 4. The Balaban J connectivity index is 2.10. The normalized spacial score (nSPS) is 12.2. The van der Waals surface area contributed by atoms with Crippen molar-refractivity contribution < 1.29 is 4.79 Å². The molecule has 1 heterocycles. The van der Waals surface area contributed by atoms with E-state index >= 15 is 0 Å². The topological polar surface area (TPSA) is 74.8 Å². The first-order chi connectivity index (χ1) is 9.49. The van der Waals surface area contributed by atoms with E-state index < -0.39 is 0 Å². The van der Waals surface area contributed by atoms with Crippen LogP contribution in [0, 0.1) is 6.92 Å². The van der Waals surface area contributed by atoms with Gasteiger partial charge < -0.3 is 4.90 Å². The lowest BCUT2D eigenvalue weighted by Crippen LogP contribution is -2.31. The highest BCUT2D eigenvalue weighted by Gasteiger charge is 2.19. The monoisotopic (exact) mass is 337 g/mol. The summed E-state index contributed by atoms with van der Waals surface area (Å²) >= 11 is 3.39. The van der Waals surface area contributed by atoms with E-state index in [-0.39, 0.29) is 11.8 Å². The standard InChI is InChI=1S/C13H16BrN5O/c1-8-4-5-10(14)6-11(8)13(20)19(3)7-9(2)12-15-17-18-16-12/h4-6,9H,7H2,1-3H3,(H,15,16,17,18)/t9-/m0/s1. The Hall–Kier alpha value is -1.76. The number of benzene rings is 1. The maximum Gasteiger partial charge on any atom is 0.253 e. The minimum Gasteiger partial charge on any atom is -0.341 e. The summed E-state index contributed by atoms with van der Waals surface area (Å²) in [5, 5.41) is 13.8. The molecular formula is C13H16BrN5O. The molecule has 0 spiro atoms. The maximum absolute atomic E-state index is 12.5. The van der Waals surface area contributed by atoms with Gasteiger partial charge in [0.2, 0.25) is 0 Å². The number of halogens is 1. The number of amides is 1. The average Bonchev–Trinajstić information content (AvgIpc) is 2.94. The molecule has 0 saturated heterocycles. The summed E-state index contributed by atoms with van der Waals surface area (Å²) in [5.74, 6) is 0.616. The molecule has 1 N–H and O–H groups in total. The van der Waals surface area contributed by atoms with Gasteiger partial charge in [0.15, 0.2) is 5.82 Å². The second kappa shape index (κ2) is 6.13. The molecule has 1 atom stereocenters. The molecule has 20 heavy (non-hydrogen) atoms. The summed E-state index contributed by atoms with van der Waals surface area (Å²) in [5.41, 5.74) is 1.65. The molecular weight excluding hydrogens is 322 g/mol. The van der Waals surface area contributed by atoms with Crippen molar-refractivity contribution in [2.45, 2.75) is 19.8 Å². The van der Waals surface area contributed by atoms with Crippen molar-refractivity contribution in [3.05, 3.63) is 39.6 Å². The Morgan fingerprint density at radius 1 is 1.50 bits per heavy atom. The number of carbonyl (C=O) groups excluding carboxylic acids is 1. The van der Waals surface area contributed by atoms with Gasteiger partial charge in [-0.1, -0.05) is 34.1 Å². The van der Waals surface area contributed by atoms with Gasteiger partial charge in [-0.15, -0.1) is 10.2 Å². The SMILES string of the molecule is Cc1ccc(Br)cc1C(=O)N(C)C[C@H](C)c1nn[nH]n1. The molecule has 0 bridgehead atoms. The number of aromatic nitrogens is 4. The number of rotatable bonds is 4. The van der Waals surface area contributed by atoms with Crippen molar-refractivity contribution in [1.82, 2.24) is 25.5 Å². The van der Waals surface area contributed by atoms with Crippen molar-refractivity contribution in [1.29, 1.82) is 0 Å². The molecule has 7 heteroatoms. The molecule has 2 aromatic rings. The number of likely N-dealkylation sites (N-methyl/N-ethyl adjacent to an activating group) is 1. The lowest BCUT2D eigenvalue weighted by molar-refractivity contribution is 0.0786. The van der Waals surface area contributed by atoms with Crippen molar-refractivity contribution >= 4 is 21.8 Å². The largest absolute Gasteiger partial charge is 0.341 e. The van der Waals surface area contributed by atoms with Crippen LogP contribution in [-0.4, -0.2) is 45.0 Å². The Bertz CT molecular complexity index is 599. The Kier molecular flexibility index (Phi) is 4.49. The summed E-state index contributed by atoms with van der Waals surface area (Å²) in [6, 6.07) is 5.69. The van der Waals surface area contributed by atoms with Crippen molar-refractivity contribution in [3.63, 3.8) is 0 Å². The third-order valence-corrected chi connectivity index (χ3v) is 3.62. The van der Waals surface area contributed by atoms with Crippen molar-refractivity contribution in [2.24, 2.45) is 0 Å². The third kappa shape index (κ3) is 3.22. The van der Waals surface area contributed by atoms with Gasteiger partial charge in [-0.25, -0.2) is 0 Å². The zero-order chi connectivity index (χ0) is 14.7. The zero-order valence-corrected chi connectivity index (χ0v) is 13.2. The summed E-state index contributed by atoms with van der Waals surface area (Å²) in [7, 11) is 1.78. The number of nitrogens with one attached hydrogen (secondary N) is 1. The van der Waals surface area contributed by atoms with Crippen LogP contribution in [0.2, 0.25) is 0 Å². The Morgan fingerprint density at radius 2 is 2.25 bits per heavy atom. The first-order valence-corrected chi connectivity index (χ1v) is 7.03. The first kappa shape index (κ1) is 14.6. The molecule has 0 fully saturated rings. The third-order valence-electron chi connectivity index (χ3n) is 3.13. The fourth-order valence-electron chi connectivity index (χ4n) is 1.98. The Labute approximate surface area is 125 Å². The maximum atomic E-state index is 12.5. The molecule has 1 amide bonds. The van der Waals surface area contributed by atoms with Gasteiger partial charge in [-0.3, -0.25) is 4.79 Å². The summed E-state index contributed by atoms with van der Waals surface area (Å²) in [4.78, 5) is 14.1. The van der Waals surface area contributed by atoms with Gasteiger partial charge >= 0.3 is 0 Å². The van der Waals surface area contributed by atoms with Gasteiger partial charge in [0.25, 0.3) is 5.91 Å². The highest BCUT2D eigenvalue weighted by molar-refractivity contribution is 9.10. The smallest absolute Gasteiger partial charge is 0.253 e. The molecule has 2 rings (SSSR count). The predicted octanol–water partition coefficient (Wildman–Crippen LogP) is 2.15. The van der Waals surface area contributed by atoms with Gasteiger partial charge in [0, 0.05) is 29.5 Å². The minimum atomic E-state index is -0.0147. The molecule has 6 nitrogen and oxygen atoms in total. The van der Waals surface area contributed by atoms with Crippen LogP contribution in [0.1, 0.15) is 34.6 Å². The van der Waals surface area contributed by atoms with E-state index in [9.17, 15) is 4.79 Å². The summed E-state index contributed by atoms with van der Waals surface area (Å²) in [6.07, 6.45) is 0. The average molecular weight is 338 g/mol. The number of aromatic amines is 1. The highest BCUT2D eigenvalue weighted by Crippen LogP contribution is 2.18. The van der Waals surface area contributed by atoms with Crippen LogP contribution < -0.4 is 0 Å². The molecule has 106 valence electrons.